The quantitative estimate of drug-likeness (QED) is 0.342. The molecule has 0 aliphatic heterocycles. The van der Waals surface area contributed by atoms with Gasteiger partial charge in [-0.05, 0) is 20.3 Å². The minimum absolute atomic E-state index is 0. The first-order valence-corrected chi connectivity index (χ1v) is 3.64. The molecule has 4 heteroatoms. The summed E-state index contributed by atoms with van der Waals surface area (Å²) in [5, 5.41) is 8.67. The molecular weight excluding hydrogens is 208 g/mol. The van der Waals surface area contributed by atoms with Gasteiger partial charge in [-0.25, -0.2) is 4.79 Å². The molecule has 0 bridgehead atoms. The largest absolute Gasteiger partial charge is 0.512 e. The van der Waals surface area contributed by atoms with E-state index in [1.807, 2.05) is 6.92 Å². The Kier molecular flexibility index (Phi) is 8.44. The molecule has 0 amide bonds. The maximum atomic E-state index is 10.8. The molecule has 0 aliphatic rings. The van der Waals surface area contributed by atoms with Crippen molar-refractivity contribution in [3.8, 4) is 0 Å². The number of carbonyl (C=O) groups excluding carboxylic acids is 1. The van der Waals surface area contributed by atoms with Gasteiger partial charge in [0.05, 0.1) is 17.9 Å². The zero-order valence-electron chi connectivity index (χ0n) is 7.43. The van der Waals surface area contributed by atoms with Gasteiger partial charge in [-0.15, -0.1) is 0 Å². The van der Waals surface area contributed by atoms with Gasteiger partial charge in [-0.1, -0.05) is 6.92 Å². The van der Waals surface area contributed by atoms with Crippen molar-refractivity contribution in [3.05, 3.63) is 11.8 Å². The molecule has 0 aromatic heterocycles. The minimum atomic E-state index is -0.487. The predicted octanol–water partition coefficient (Wildman–Crippen LogP) is 1.79. The molecule has 12 heavy (non-hydrogen) atoms. The maximum Gasteiger partial charge on any atom is 0.334 e. The van der Waals surface area contributed by atoms with Crippen LogP contribution in [-0.4, -0.2) is 17.2 Å². The molecule has 0 aromatic rings. The topological polar surface area (TPSA) is 46.5 Å². The molecule has 0 spiro atoms. The van der Waals surface area contributed by atoms with Gasteiger partial charge < -0.3 is 9.84 Å². The summed E-state index contributed by atoms with van der Waals surface area (Å²) in [5.41, 5.74) is 0. The van der Waals surface area contributed by atoms with Crippen molar-refractivity contribution < 1.29 is 31.7 Å². The van der Waals surface area contributed by atoms with Crippen molar-refractivity contribution in [1.29, 1.82) is 0 Å². The van der Waals surface area contributed by atoms with Crippen LogP contribution in [0.5, 0.6) is 0 Å². The van der Waals surface area contributed by atoms with E-state index < -0.39 is 5.97 Å². The number of hydrogen-bond acceptors (Lipinski definition) is 3. The Hall–Kier alpha value is -0.471. The number of hydrogen-bond donors (Lipinski definition) is 1. The Morgan fingerprint density at radius 2 is 2.17 bits per heavy atom. The molecule has 1 atom stereocenters. The van der Waals surface area contributed by atoms with E-state index in [9.17, 15) is 4.79 Å². The van der Waals surface area contributed by atoms with Crippen LogP contribution in [0.1, 0.15) is 27.2 Å². The van der Waals surface area contributed by atoms with Crippen LogP contribution in [-0.2, 0) is 26.6 Å². The van der Waals surface area contributed by atoms with Gasteiger partial charge in [0.1, 0.15) is 0 Å². The fourth-order valence-corrected chi connectivity index (χ4v) is 0.486. The monoisotopic (exact) mass is 221 g/mol. The van der Waals surface area contributed by atoms with Crippen LogP contribution in [0.2, 0.25) is 0 Å². The summed E-state index contributed by atoms with van der Waals surface area (Å²) in [5.74, 6) is -0.516. The summed E-state index contributed by atoms with van der Waals surface area (Å²) < 4.78 is 4.84. The summed E-state index contributed by atoms with van der Waals surface area (Å²) in [6.45, 7) is 5.16. The predicted molar refractivity (Wildman–Crippen MR) is 42.2 cm³/mol. The first kappa shape index (κ1) is 14.1. The van der Waals surface area contributed by atoms with E-state index in [1.54, 1.807) is 6.92 Å². The van der Waals surface area contributed by atoms with E-state index >= 15 is 0 Å². The molecule has 0 rings (SSSR count). The Balaban J connectivity index is 0. The number of esters is 1. The second kappa shape index (κ2) is 7.19. The van der Waals surface area contributed by atoms with Crippen LogP contribution < -0.4 is 0 Å². The van der Waals surface area contributed by atoms with E-state index in [0.29, 0.717) is 0 Å². The second-order valence-corrected chi connectivity index (χ2v) is 2.44. The van der Waals surface area contributed by atoms with Crippen molar-refractivity contribution in [2.24, 2.45) is 0 Å². The standard InChI is InChI=1S/C8H14O3.Cu/c1-4-7(3)11-8(10)5-6(2)9;/h5,7,9H,4H2,1-3H3;/b6-5-;. The zero-order chi connectivity index (χ0) is 8.85. The van der Waals surface area contributed by atoms with Crippen molar-refractivity contribution in [2.45, 2.75) is 33.3 Å². The molecule has 0 aromatic carbocycles. The van der Waals surface area contributed by atoms with Crippen LogP contribution in [0.4, 0.5) is 0 Å². The minimum Gasteiger partial charge on any atom is -0.512 e. The van der Waals surface area contributed by atoms with Gasteiger partial charge in [0, 0.05) is 17.1 Å². The molecule has 0 aliphatic carbocycles. The number of aliphatic hydroxyl groups excluding tert-OH is 1. The summed E-state index contributed by atoms with van der Waals surface area (Å²) in [7, 11) is 0. The molecule has 0 saturated heterocycles. The van der Waals surface area contributed by atoms with Crippen molar-refractivity contribution in [1.82, 2.24) is 0 Å². The summed E-state index contributed by atoms with van der Waals surface area (Å²) >= 11 is 0. The van der Waals surface area contributed by atoms with E-state index in [4.69, 9.17) is 9.84 Å². The number of rotatable bonds is 3. The molecule has 75 valence electrons. The van der Waals surface area contributed by atoms with Gasteiger partial charge in [0.15, 0.2) is 0 Å². The number of aliphatic hydroxyl groups is 1. The fourth-order valence-electron chi connectivity index (χ4n) is 0.486. The van der Waals surface area contributed by atoms with Gasteiger partial charge >= 0.3 is 5.97 Å². The van der Waals surface area contributed by atoms with Gasteiger partial charge in [-0.2, -0.15) is 0 Å². The van der Waals surface area contributed by atoms with Gasteiger partial charge in [0.2, 0.25) is 0 Å². The summed E-state index contributed by atoms with van der Waals surface area (Å²) in [6, 6.07) is 0. The molecule has 0 saturated carbocycles. The SMILES string of the molecule is CCC(C)OC(=O)/C=C(/C)O.[Cu]. The van der Waals surface area contributed by atoms with Crippen LogP contribution >= 0.6 is 0 Å². The van der Waals surface area contributed by atoms with Crippen LogP contribution in [0, 0.1) is 0 Å². The van der Waals surface area contributed by atoms with E-state index in [2.05, 4.69) is 0 Å². The average Bonchev–Trinajstić information content (AvgIpc) is 1.85. The number of allylic oxidation sites excluding steroid dienone is 1. The number of carbonyl (C=O) groups is 1. The Morgan fingerprint density at radius 3 is 2.50 bits per heavy atom. The summed E-state index contributed by atoms with van der Waals surface area (Å²) in [4.78, 5) is 10.8. The first-order valence-electron chi connectivity index (χ1n) is 3.64. The second-order valence-electron chi connectivity index (χ2n) is 2.44. The van der Waals surface area contributed by atoms with Crippen LogP contribution in [0.25, 0.3) is 0 Å². The van der Waals surface area contributed by atoms with Crippen LogP contribution in [0.3, 0.4) is 0 Å². The van der Waals surface area contributed by atoms with Crippen molar-refractivity contribution in [2.75, 3.05) is 0 Å². The van der Waals surface area contributed by atoms with E-state index in [1.165, 1.54) is 6.92 Å². The van der Waals surface area contributed by atoms with Crippen LogP contribution in [0.15, 0.2) is 11.8 Å². The average molecular weight is 222 g/mol. The normalized spacial score (nSPS) is 13.1. The Labute approximate surface area is 83.3 Å². The molecular formula is C8H14CuO3. The molecule has 0 fully saturated rings. The van der Waals surface area contributed by atoms with E-state index in [-0.39, 0.29) is 28.9 Å². The maximum absolute atomic E-state index is 10.8. The van der Waals surface area contributed by atoms with E-state index in [0.717, 1.165) is 12.5 Å². The Morgan fingerprint density at radius 1 is 1.67 bits per heavy atom. The first-order chi connectivity index (χ1) is 5.06. The third-order valence-corrected chi connectivity index (χ3v) is 1.22. The van der Waals surface area contributed by atoms with Gasteiger partial charge in [0.25, 0.3) is 0 Å². The summed E-state index contributed by atoms with van der Waals surface area (Å²) in [6.07, 6.45) is 1.76. The molecule has 1 unspecified atom stereocenters. The molecule has 1 N–H and O–H groups in total. The third-order valence-electron chi connectivity index (χ3n) is 1.22. The smallest absolute Gasteiger partial charge is 0.334 e. The number of ether oxygens (including phenoxy) is 1. The fraction of sp³-hybridized carbons (Fsp3) is 0.625. The van der Waals surface area contributed by atoms with Crippen molar-refractivity contribution >= 4 is 5.97 Å². The van der Waals surface area contributed by atoms with Crippen molar-refractivity contribution in [3.63, 3.8) is 0 Å². The third kappa shape index (κ3) is 7.63. The molecule has 0 heterocycles. The zero-order valence-corrected chi connectivity index (χ0v) is 8.37. The van der Waals surface area contributed by atoms with Gasteiger partial charge in [-0.3, -0.25) is 0 Å². The molecule has 3 nitrogen and oxygen atoms in total. The Bertz CT molecular complexity index is 162. The molecule has 1 radical (unpaired) electrons.